The van der Waals surface area contributed by atoms with Crippen LogP contribution in [-0.4, -0.2) is 35.7 Å². The number of nitrogens with zero attached hydrogens (tertiary/aromatic N) is 1. The lowest BCUT2D eigenvalue weighted by Crippen LogP contribution is -2.29. The van der Waals surface area contributed by atoms with Gasteiger partial charge in [0, 0.05) is 12.6 Å². The average molecular weight is 249 g/mol. The summed E-state index contributed by atoms with van der Waals surface area (Å²) >= 11 is 0. The largest absolute Gasteiger partial charge is 0.491 e. The van der Waals surface area contributed by atoms with Crippen molar-refractivity contribution in [3.05, 3.63) is 29.8 Å². The fourth-order valence-corrected chi connectivity index (χ4v) is 2.60. The van der Waals surface area contributed by atoms with E-state index in [2.05, 4.69) is 18.9 Å². The standard InChI is InChI=1S/C15H23NO2/c1-11(2)18-14-7-5-13(6-8-14)15(17)9-12(3)16(4)10-15/h5-8,11-12,17H,9-10H2,1-4H3. The van der Waals surface area contributed by atoms with E-state index < -0.39 is 5.60 Å². The molecule has 1 aliphatic heterocycles. The first-order valence-electron chi connectivity index (χ1n) is 6.60. The van der Waals surface area contributed by atoms with Gasteiger partial charge in [0.05, 0.1) is 6.10 Å². The second-order valence-electron chi connectivity index (χ2n) is 5.69. The maximum Gasteiger partial charge on any atom is 0.119 e. The Balaban J connectivity index is 2.14. The molecule has 1 aromatic carbocycles. The number of likely N-dealkylation sites (tertiary alicyclic amines) is 1. The van der Waals surface area contributed by atoms with Crippen molar-refractivity contribution in [3.63, 3.8) is 0 Å². The van der Waals surface area contributed by atoms with Crippen LogP contribution >= 0.6 is 0 Å². The van der Waals surface area contributed by atoms with Gasteiger partial charge >= 0.3 is 0 Å². The first-order valence-corrected chi connectivity index (χ1v) is 6.60. The Hall–Kier alpha value is -1.06. The van der Waals surface area contributed by atoms with Gasteiger partial charge in [-0.25, -0.2) is 0 Å². The van der Waals surface area contributed by atoms with E-state index in [9.17, 15) is 5.11 Å². The van der Waals surface area contributed by atoms with E-state index >= 15 is 0 Å². The second-order valence-corrected chi connectivity index (χ2v) is 5.69. The molecule has 1 fully saturated rings. The Bertz CT molecular complexity index is 389. The van der Waals surface area contributed by atoms with Gasteiger partial charge in [-0.05, 0) is 51.9 Å². The van der Waals surface area contributed by atoms with Gasteiger partial charge in [0.1, 0.15) is 11.4 Å². The van der Waals surface area contributed by atoms with Crippen LogP contribution in [0.4, 0.5) is 0 Å². The number of β-amino-alcohol motifs (C(OH)–C–C–N with tert-alkyl or cyclic N) is 1. The van der Waals surface area contributed by atoms with Crippen LogP contribution in [0.1, 0.15) is 32.8 Å². The summed E-state index contributed by atoms with van der Waals surface area (Å²) in [5.74, 6) is 0.858. The molecule has 0 bridgehead atoms. The molecule has 1 heterocycles. The summed E-state index contributed by atoms with van der Waals surface area (Å²) in [6, 6.07) is 8.25. The molecule has 100 valence electrons. The molecule has 3 nitrogen and oxygen atoms in total. The molecule has 1 saturated heterocycles. The Morgan fingerprint density at radius 2 is 1.94 bits per heavy atom. The van der Waals surface area contributed by atoms with Gasteiger partial charge < -0.3 is 14.7 Å². The van der Waals surface area contributed by atoms with Gasteiger partial charge in [-0.15, -0.1) is 0 Å². The van der Waals surface area contributed by atoms with E-state index in [-0.39, 0.29) is 6.10 Å². The van der Waals surface area contributed by atoms with Crippen LogP contribution in [0.3, 0.4) is 0 Å². The molecule has 0 spiro atoms. The van der Waals surface area contributed by atoms with Crippen molar-refractivity contribution in [2.45, 2.75) is 44.9 Å². The van der Waals surface area contributed by atoms with Gasteiger partial charge in [-0.1, -0.05) is 12.1 Å². The zero-order chi connectivity index (χ0) is 13.3. The van der Waals surface area contributed by atoms with Crippen molar-refractivity contribution in [2.24, 2.45) is 0 Å². The molecule has 2 atom stereocenters. The molecule has 2 unspecified atom stereocenters. The highest BCUT2D eigenvalue weighted by molar-refractivity contribution is 5.32. The lowest BCUT2D eigenvalue weighted by molar-refractivity contribution is 0.0485. The fourth-order valence-electron chi connectivity index (χ4n) is 2.60. The summed E-state index contributed by atoms with van der Waals surface area (Å²) in [5, 5.41) is 10.7. The molecule has 0 radical (unpaired) electrons. The molecule has 0 aliphatic carbocycles. The van der Waals surface area contributed by atoms with Crippen LogP contribution in [0.5, 0.6) is 5.75 Å². The van der Waals surface area contributed by atoms with Crippen LogP contribution in [0.2, 0.25) is 0 Å². The SMILES string of the molecule is CC(C)Oc1ccc(C2(O)CC(C)N(C)C2)cc1. The molecule has 0 aromatic heterocycles. The van der Waals surface area contributed by atoms with Gasteiger partial charge in [0.2, 0.25) is 0 Å². The normalized spacial score (nSPS) is 28.9. The molecular weight excluding hydrogens is 226 g/mol. The highest BCUT2D eigenvalue weighted by Crippen LogP contribution is 2.35. The average Bonchev–Trinajstić information content (AvgIpc) is 2.54. The Labute approximate surface area is 109 Å². The Kier molecular flexibility index (Phi) is 3.64. The lowest BCUT2D eigenvalue weighted by atomic mass is 9.91. The van der Waals surface area contributed by atoms with Crippen LogP contribution < -0.4 is 4.74 Å². The summed E-state index contributed by atoms with van der Waals surface area (Å²) in [7, 11) is 2.05. The maximum absolute atomic E-state index is 10.7. The fraction of sp³-hybridized carbons (Fsp3) is 0.600. The van der Waals surface area contributed by atoms with Crippen molar-refractivity contribution < 1.29 is 9.84 Å². The zero-order valence-corrected chi connectivity index (χ0v) is 11.7. The first kappa shape index (κ1) is 13.4. The van der Waals surface area contributed by atoms with Crippen LogP contribution in [0.25, 0.3) is 0 Å². The van der Waals surface area contributed by atoms with Gasteiger partial charge in [0.15, 0.2) is 0 Å². The van der Waals surface area contributed by atoms with E-state index in [1.54, 1.807) is 0 Å². The topological polar surface area (TPSA) is 32.7 Å². The van der Waals surface area contributed by atoms with Gasteiger partial charge in [-0.2, -0.15) is 0 Å². The number of rotatable bonds is 3. The van der Waals surface area contributed by atoms with E-state index in [1.807, 2.05) is 38.1 Å². The number of benzene rings is 1. The summed E-state index contributed by atoms with van der Waals surface area (Å²) in [5.41, 5.74) is 0.264. The van der Waals surface area contributed by atoms with Crippen LogP contribution in [0.15, 0.2) is 24.3 Å². The van der Waals surface area contributed by atoms with Crippen molar-refractivity contribution in [1.82, 2.24) is 4.90 Å². The third-order valence-corrected chi connectivity index (χ3v) is 3.66. The smallest absolute Gasteiger partial charge is 0.119 e. The maximum atomic E-state index is 10.7. The van der Waals surface area contributed by atoms with Crippen LogP contribution in [-0.2, 0) is 5.60 Å². The number of hydrogen-bond acceptors (Lipinski definition) is 3. The molecule has 0 amide bonds. The number of aliphatic hydroxyl groups is 1. The molecule has 1 N–H and O–H groups in total. The molecule has 1 aliphatic rings. The van der Waals surface area contributed by atoms with Crippen molar-refractivity contribution in [2.75, 3.05) is 13.6 Å². The number of ether oxygens (including phenoxy) is 1. The molecule has 2 rings (SSSR count). The van der Waals surface area contributed by atoms with Crippen molar-refractivity contribution >= 4 is 0 Å². The van der Waals surface area contributed by atoms with E-state index in [0.29, 0.717) is 12.6 Å². The number of hydrogen-bond donors (Lipinski definition) is 1. The molecular formula is C15H23NO2. The summed E-state index contributed by atoms with van der Waals surface area (Å²) in [4.78, 5) is 2.19. The molecule has 3 heteroatoms. The zero-order valence-electron chi connectivity index (χ0n) is 11.7. The van der Waals surface area contributed by atoms with E-state index in [0.717, 1.165) is 17.7 Å². The second kappa shape index (κ2) is 4.90. The predicted octanol–water partition coefficient (Wildman–Crippen LogP) is 2.39. The Morgan fingerprint density at radius 3 is 2.39 bits per heavy atom. The van der Waals surface area contributed by atoms with Gasteiger partial charge in [-0.3, -0.25) is 0 Å². The summed E-state index contributed by atoms with van der Waals surface area (Å²) in [6.07, 6.45) is 0.963. The quantitative estimate of drug-likeness (QED) is 0.892. The van der Waals surface area contributed by atoms with Crippen molar-refractivity contribution in [3.8, 4) is 5.75 Å². The molecule has 1 aromatic rings. The minimum atomic E-state index is -0.718. The third-order valence-electron chi connectivity index (χ3n) is 3.66. The van der Waals surface area contributed by atoms with Gasteiger partial charge in [0.25, 0.3) is 0 Å². The Morgan fingerprint density at radius 1 is 1.33 bits per heavy atom. The monoisotopic (exact) mass is 249 g/mol. The molecule has 0 saturated carbocycles. The summed E-state index contributed by atoms with van der Waals surface area (Å²) < 4.78 is 5.61. The lowest BCUT2D eigenvalue weighted by Gasteiger charge is -2.23. The number of likely N-dealkylation sites (N-methyl/N-ethyl adjacent to an activating group) is 1. The first-order chi connectivity index (χ1) is 8.40. The minimum Gasteiger partial charge on any atom is -0.491 e. The molecule has 18 heavy (non-hydrogen) atoms. The highest BCUT2D eigenvalue weighted by atomic mass is 16.5. The highest BCUT2D eigenvalue weighted by Gasteiger charge is 2.40. The minimum absolute atomic E-state index is 0.177. The van der Waals surface area contributed by atoms with E-state index in [4.69, 9.17) is 4.74 Å². The predicted molar refractivity (Wildman–Crippen MR) is 72.8 cm³/mol. The summed E-state index contributed by atoms with van der Waals surface area (Å²) in [6.45, 7) is 6.86. The van der Waals surface area contributed by atoms with Crippen molar-refractivity contribution in [1.29, 1.82) is 0 Å². The van der Waals surface area contributed by atoms with E-state index in [1.165, 1.54) is 0 Å². The third kappa shape index (κ3) is 2.68. The van der Waals surface area contributed by atoms with Crippen LogP contribution in [0, 0.1) is 0 Å².